The summed E-state index contributed by atoms with van der Waals surface area (Å²) in [5.41, 5.74) is -3.91. The topological polar surface area (TPSA) is 169 Å². The van der Waals surface area contributed by atoms with Crippen molar-refractivity contribution in [3.63, 3.8) is 0 Å². The zero-order chi connectivity index (χ0) is 34.4. The van der Waals surface area contributed by atoms with Crippen molar-refractivity contribution >= 4 is 35.5 Å². The fraction of sp³-hybridized carbons (Fsp3) is 0.484. The zero-order valence-electron chi connectivity index (χ0n) is 26.4. The summed E-state index contributed by atoms with van der Waals surface area (Å²) in [5, 5.41) is 16.8. The number of rotatable bonds is 7. The van der Waals surface area contributed by atoms with Gasteiger partial charge in [0.15, 0.2) is 5.60 Å². The molecule has 3 aliphatic heterocycles. The number of carboxylic acids is 1. The number of anilines is 1. The highest BCUT2D eigenvalue weighted by molar-refractivity contribution is 6.07. The summed E-state index contributed by atoms with van der Waals surface area (Å²) in [6.07, 6.45) is 0.932. The number of nitrogens with zero attached hydrogens (tertiary/aromatic N) is 4. The maximum Gasteiger partial charge on any atom is 0.415 e. The van der Waals surface area contributed by atoms with E-state index in [0.717, 1.165) is 25.4 Å². The quantitative estimate of drug-likeness (QED) is 0.454. The molecule has 0 radical (unpaired) electrons. The van der Waals surface area contributed by atoms with Crippen LogP contribution in [0.4, 0.5) is 19.3 Å². The lowest BCUT2D eigenvalue weighted by molar-refractivity contribution is -0.139. The molecule has 252 valence electrons. The number of benzene rings is 1. The van der Waals surface area contributed by atoms with Crippen molar-refractivity contribution in [1.29, 1.82) is 0 Å². The third kappa shape index (κ3) is 5.76. The smallest absolute Gasteiger partial charge is 0.415 e. The molecule has 0 unspecified atom stereocenters. The van der Waals surface area contributed by atoms with Gasteiger partial charge in [-0.15, -0.1) is 0 Å². The molecule has 47 heavy (non-hydrogen) atoms. The van der Waals surface area contributed by atoms with Crippen LogP contribution in [0.2, 0.25) is 0 Å². The normalized spacial score (nSPS) is 22.2. The molecule has 4 atom stereocenters. The Morgan fingerprint density at radius 1 is 1.23 bits per heavy atom. The number of aliphatic carboxylic acids is 1. The number of hydrogen-bond acceptors (Lipinski definition) is 9. The lowest BCUT2D eigenvalue weighted by Gasteiger charge is -2.43. The van der Waals surface area contributed by atoms with E-state index in [1.165, 1.54) is 30.4 Å². The van der Waals surface area contributed by atoms with Gasteiger partial charge in [0.1, 0.15) is 34.6 Å². The van der Waals surface area contributed by atoms with Crippen LogP contribution in [0.5, 0.6) is 0 Å². The van der Waals surface area contributed by atoms with Crippen LogP contribution >= 0.6 is 0 Å². The van der Waals surface area contributed by atoms with Crippen LogP contribution in [0.15, 0.2) is 34.3 Å². The van der Waals surface area contributed by atoms with Crippen LogP contribution in [-0.4, -0.2) is 82.8 Å². The lowest BCUT2D eigenvalue weighted by Crippen LogP contribution is -2.56. The predicted octanol–water partition coefficient (Wildman–Crippen LogP) is 3.04. The van der Waals surface area contributed by atoms with Crippen LogP contribution in [-0.2, 0) is 25.7 Å². The summed E-state index contributed by atoms with van der Waals surface area (Å²) in [5.74, 6) is -5.46. The van der Waals surface area contributed by atoms with E-state index in [9.17, 15) is 37.9 Å². The molecule has 1 aromatic heterocycles. The first kappa shape index (κ1) is 33.3. The predicted molar refractivity (Wildman–Crippen MR) is 161 cm³/mol. The van der Waals surface area contributed by atoms with E-state index >= 15 is 0 Å². The molecule has 2 N–H and O–H groups in total. The van der Waals surface area contributed by atoms with Crippen LogP contribution in [0.25, 0.3) is 0 Å². The number of amides is 3. The zero-order valence-corrected chi connectivity index (χ0v) is 26.4. The second-order valence-electron chi connectivity index (χ2n) is 12.1. The van der Waals surface area contributed by atoms with Gasteiger partial charge in [-0.2, -0.15) is 0 Å². The summed E-state index contributed by atoms with van der Waals surface area (Å²) in [7, 11) is 2.42. The minimum atomic E-state index is -1.70. The average Bonchev–Trinajstić information content (AvgIpc) is 3.40. The molecule has 1 aromatic carbocycles. The molecule has 1 spiro atoms. The number of pyridine rings is 1. The van der Waals surface area contributed by atoms with Crippen molar-refractivity contribution in [1.82, 2.24) is 14.8 Å². The van der Waals surface area contributed by atoms with Gasteiger partial charge in [-0.05, 0) is 31.7 Å². The third-order valence-electron chi connectivity index (χ3n) is 8.99. The van der Waals surface area contributed by atoms with Crippen molar-refractivity contribution in [2.24, 2.45) is 11.1 Å². The van der Waals surface area contributed by atoms with Crippen molar-refractivity contribution in [2.45, 2.75) is 70.3 Å². The molecule has 2 aromatic rings. The van der Waals surface area contributed by atoms with Crippen LogP contribution < -0.4 is 15.6 Å². The number of ether oxygens (including phenoxy) is 2. The maximum atomic E-state index is 14.4. The summed E-state index contributed by atoms with van der Waals surface area (Å²) in [6.45, 7) is 4.44. The lowest BCUT2D eigenvalue weighted by atomic mass is 9.85. The van der Waals surface area contributed by atoms with E-state index in [1.54, 1.807) is 0 Å². The monoisotopic (exact) mass is 659 g/mol. The minimum Gasteiger partial charge on any atom is -0.482 e. The van der Waals surface area contributed by atoms with Gasteiger partial charge in [0.2, 0.25) is 11.3 Å². The van der Waals surface area contributed by atoms with Crippen molar-refractivity contribution in [3.05, 3.63) is 63.1 Å². The van der Waals surface area contributed by atoms with E-state index in [-0.39, 0.29) is 36.2 Å². The fourth-order valence-corrected chi connectivity index (χ4v) is 6.49. The SMILES string of the molecule is COC(=O)N(c1c2n(cc(C(=O)NCc3ccc(F)cc3F)c1=O)[C@@H]1CN(C2=O)[C@@H](C)CC[C@]12CC(OC)=NO2)[C@H](C(=O)O)C(C)C. The molecule has 1 fully saturated rings. The standard InChI is InChI=1S/C31H35F2N5O9/c1-15(2)23(29(42)43)38(30(44)46-5)24-25-28(41)36-14-21(31(9-8-16(36)3)11-22(45-4)35-47-31)37(25)13-19(26(24)39)27(40)34-12-17-6-7-18(32)10-20(17)33/h6-7,10,13,15-16,21,23H,8-9,11-12,14H2,1-5H3,(H,34,40)(H,42,43)/t16-,21+,23-,31-/m0/s1. The Morgan fingerprint density at radius 2 is 1.96 bits per heavy atom. The molecule has 3 aliphatic rings. The maximum absolute atomic E-state index is 14.4. The average molecular weight is 660 g/mol. The number of carbonyl (C=O) groups is 4. The largest absolute Gasteiger partial charge is 0.482 e. The number of fused-ring (bicyclic) bond motifs is 5. The number of halogens is 2. The van der Waals surface area contributed by atoms with E-state index in [0.29, 0.717) is 23.8 Å². The van der Waals surface area contributed by atoms with Crippen LogP contribution in [0.3, 0.4) is 0 Å². The van der Waals surface area contributed by atoms with E-state index in [1.807, 2.05) is 6.92 Å². The van der Waals surface area contributed by atoms with E-state index in [4.69, 9.17) is 14.3 Å². The first-order valence-corrected chi connectivity index (χ1v) is 15.0. The number of hydrogen-bond donors (Lipinski definition) is 2. The van der Waals surface area contributed by atoms with Gasteiger partial charge >= 0.3 is 12.1 Å². The van der Waals surface area contributed by atoms with Gasteiger partial charge in [-0.25, -0.2) is 18.4 Å². The molecular weight excluding hydrogens is 624 g/mol. The second-order valence-corrected chi connectivity index (χ2v) is 12.1. The number of methoxy groups -OCH3 is 2. The Labute approximate surface area is 267 Å². The Kier molecular flexibility index (Phi) is 8.97. The highest BCUT2D eigenvalue weighted by Gasteiger charge is 2.55. The van der Waals surface area contributed by atoms with Crippen molar-refractivity contribution in [3.8, 4) is 0 Å². The molecule has 16 heteroatoms. The summed E-state index contributed by atoms with van der Waals surface area (Å²) < 4.78 is 39.5. The number of carbonyl (C=O) groups excluding carboxylic acids is 3. The van der Waals surface area contributed by atoms with Gasteiger partial charge in [0, 0.05) is 37.0 Å². The number of nitrogens with one attached hydrogen (secondary N) is 1. The summed E-state index contributed by atoms with van der Waals surface area (Å²) in [4.78, 5) is 76.5. The molecule has 1 saturated heterocycles. The number of oxime groups is 1. The van der Waals surface area contributed by atoms with Gasteiger partial charge in [-0.3, -0.25) is 19.3 Å². The first-order valence-electron chi connectivity index (χ1n) is 15.0. The number of carboxylic acid groups (broad SMARTS) is 1. The Balaban J connectivity index is 1.77. The third-order valence-corrected chi connectivity index (χ3v) is 8.99. The minimum absolute atomic E-state index is 0.0639. The molecule has 2 bridgehead atoms. The van der Waals surface area contributed by atoms with Gasteiger partial charge < -0.3 is 34.2 Å². The van der Waals surface area contributed by atoms with Crippen molar-refractivity contribution < 1.29 is 47.4 Å². The molecule has 0 saturated carbocycles. The van der Waals surface area contributed by atoms with Gasteiger partial charge in [0.25, 0.3) is 11.8 Å². The number of aromatic nitrogens is 1. The Morgan fingerprint density at radius 3 is 2.55 bits per heavy atom. The van der Waals surface area contributed by atoms with Gasteiger partial charge in [-0.1, -0.05) is 25.1 Å². The summed E-state index contributed by atoms with van der Waals surface area (Å²) in [6, 6.07) is -0.0819. The highest BCUT2D eigenvalue weighted by Crippen LogP contribution is 2.46. The molecule has 3 amide bonds. The fourth-order valence-electron chi connectivity index (χ4n) is 6.49. The summed E-state index contributed by atoms with van der Waals surface area (Å²) >= 11 is 0. The Hall–Kier alpha value is -5.02. The van der Waals surface area contributed by atoms with Gasteiger partial charge in [0.05, 0.1) is 26.7 Å². The van der Waals surface area contributed by atoms with Crippen LogP contribution in [0.1, 0.15) is 72.5 Å². The van der Waals surface area contributed by atoms with Crippen LogP contribution in [0, 0.1) is 17.6 Å². The van der Waals surface area contributed by atoms with E-state index in [2.05, 4.69) is 10.5 Å². The van der Waals surface area contributed by atoms with Crippen molar-refractivity contribution in [2.75, 3.05) is 25.7 Å². The van der Waals surface area contributed by atoms with E-state index < -0.39 is 82.3 Å². The molecule has 4 heterocycles. The second kappa shape index (κ2) is 12.6. The first-order chi connectivity index (χ1) is 22.2. The molecule has 0 aliphatic carbocycles. The molecular formula is C31H35F2N5O9. The highest BCUT2D eigenvalue weighted by atomic mass is 19.1. The molecule has 14 nitrogen and oxygen atoms in total. The Bertz CT molecular complexity index is 1730. The molecule has 5 rings (SSSR count).